The van der Waals surface area contributed by atoms with Crippen molar-refractivity contribution in [2.45, 2.75) is 38.6 Å². The molecule has 0 aliphatic carbocycles. The number of rotatable bonds is 6. The van der Waals surface area contributed by atoms with Gasteiger partial charge in [-0.2, -0.15) is 5.26 Å². The first-order valence-corrected chi connectivity index (χ1v) is 8.37. The van der Waals surface area contributed by atoms with Crippen LogP contribution in [-0.4, -0.2) is 29.2 Å². The molecule has 3 N–H and O–H groups in total. The quantitative estimate of drug-likeness (QED) is 0.716. The Morgan fingerprint density at radius 2 is 1.81 bits per heavy atom. The molecule has 0 aromatic heterocycles. The van der Waals surface area contributed by atoms with Crippen molar-refractivity contribution in [2.24, 2.45) is 11.1 Å². The SMILES string of the molecule is CC(C)(C[CH]C(=O)NC1(C#N)CC(=O)N(c2ccccc2)C(=O)C1)C(N)=O. The summed E-state index contributed by atoms with van der Waals surface area (Å²) in [5, 5.41) is 12.0. The van der Waals surface area contributed by atoms with Crippen LogP contribution >= 0.6 is 0 Å². The molecular weight excluding hydrogens is 348 g/mol. The molecule has 1 aliphatic heterocycles. The number of carbonyl (C=O) groups excluding carboxylic acids is 4. The van der Waals surface area contributed by atoms with Crippen molar-refractivity contribution in [3.05, 3.63) is 36.8 Å². The maximum atomic E-state index is 12.5. The van der Waals surface area contributed by atoms with Crippen LogP contribution in [0.2, 0.25) is 0 Å². The number of anilines is 1. The summed E-state index contributed by atoms with van der Waals surface area (Å²) in [7, 11) is 0. The summed E-state index contributed by atoms with van der Waals surface area (Å²) in [6, 6.07) is 10.3. The van der Waals surface area contributed by atoms with Gasteiger partial charge in [-0.25, -0.2) is 0 Å². The van der Waals surface area contributed by atoms with Crippen LogP contribution < -0.4 is 16.0 Å². The third-order valence-electron chi connectivity index (χ3n) is 4.46. The summed E-state index contributed by atoms with van der Waals surface area (Å²) >= 11 is 0. The second-order valence-corrected chi connectivity index (χ2v) is 7.15. The van der Waals surface area contributed by atoms with Crippen LogP contribution in [0.4, 0.5) is 5.69 Å². The van der Waals surface area contributed by atoms with Gasteiger partial charge in [0.25, 0.3) is 0 Å². The lowest BCUT2D eigenvalue weighted by molar-refractivity contribution is -0.131. The minimum Gasteiger partial charge on any atom is -0.369 e. The lowest BCUT2D eigenvalue weighted by atomic mass is 9.85. The number of amides is 4. The van der Waals surface area contributed by atoms with E-state index in [-0.39, 0.29) is 19.3 Å². The highest BCUT2D eigenvalue weighted by atomic mass is 16.2. The molecule has 1 aromatic carbocycles. The summed E-state index contributed by atoms with van der Waals surface area (Å²) < 4.78 is 0. The molecule has 1 heterocycles. The fourth-order valence-corrected chi connectivity index (χ4v) is 2.67. The molecular formula is C19H21N4O4. The predicted octanol–water partition coefficient (Wildman–Crippen LogP) is 0.824. The number of primary amides is 1. The monoisotopic (exact) mass is 369 g/mol. The lowest BCUT2D eigenvalue weighted by Gasteiger charge is -2.35. The van der Waals surface area contributed by atoms with Crippen LogP contribution in [0, 0.1) is 23.2 Å². The third-order valence-corrected chi connectivity index (χ3v) is 4.46. The number of piperidine rings is 1. The van der Waals surface area contributed by atoms with E-state index in [0.717, 1.165) is 4.90 Å². The highest BCUT2D eigenvalue weighted by molar-refractivity contribution is 6.18. The zero-order valence-corrected chi connectivity index (χ0v) is 15.2. The fourth-order valence-electron chi connectivity index (χ4n) is 2.67. The van der Waals surface area contributed by atoms with Crippen LogP contribution in [0.3, 0.4) is 0 Å². The molecule has 1 fully saturated rings. The van der Waals surface area contributed by atoms with E-state index in [9.17, 15) is 24.4 Å². The van der Waals surface area contributed by atoms with E-state index in [1.54, 1.807) is 44.2 Å². The van der Waals surface area contributed by atoms with Gasteiger partial charge in [0.15, 0.2) is 0 Å². The van der Waals surface area contributed by atoms with Crippen LogP contribution in [0.1, 0.15) is 33.1 Å². The van der Waals surface area contributed by atoms with Crippen LogP contribution in [0.15, 0.2) is 30.3 Å². The summed E-state index contributed by atoms with van der Waals surface area (Å²) in [5.41, 5.74) is 3.13. The minimum atomic E-state index is -1.62. The lowest BCUT2D eigenvalue weighted by Crippen LogP contribution is -2.59. The number of benzene rings is 1. The van der Waals surface area contributed by atoms with Gasteiger partial charge in [-0.1, -0.05) is 32.0 Å². The second-order valence-electron chi connectivity index (χ2n) is 7.15. The Balaban J connectivity index is 2.09. The van der Waals surface area contributed by atoms with Crippen molar-refractivity contribution in [3.8, 4) is 6.07 Å². The van der Waals surface area contributed by atoms with Crippen molar-refractivity contribution in [1.82, 2.24) is 5.32 Å². The van der Waals surface area contributed by atoms with Crippen LogP contribution in [0.25, 0.3) is 0 Å². The number of carbonyl (C=O) groups is 4. The molecule has 8 heteroatoms. The van der Waals surface area contributed by atoms with Gasteiger partial charge in [0.1, 0.15) is 5.54 Å². The van der Waals surface area contributed by atoms with Crippen LogP contribution in [-0.2, 0) is 19.2 Å². The minimum absolute atomic E-state index is 0.0632. The molecule has 1 saturated heterocycles. The largest absolute Gasteiger partial charge is 0.369 e. The Labute approximate surface area is 157 Å². The topological polar surface area (TPSA) is 133 Å². The van der Waals surface area contributed by atoms with E-state index in [2.05, 4.69) is 5.32 Å². The van der Waals surface area contributed by atoms with E-state index in [0.29, 0.717) is 5.69 Å². The molecule has 4 amide bonds. The van der Waals surface area contributed by atoms with Gasteiger partial charge in [0.05, 0.1) is 31.0 Å². The van der Waals surface area contributed by atoms with Gasteiger partial charge in [-0.15, -0.1) is 0 Å². The van der Waals surface area contributed by atoms with Crippen molar-refractivity contribution < 1.29 is 19.2 Å². The van der Waals surface area contributed by atoms with E-state index in [4.69, 9.17) is 5.73 Å². The molecule has 2 rings (SSSR count). The Morgan fingerprint density at radius 1 is 1.26 bits per heavy atom. The average Bonchev–Trinajstić information content (AvgIpc) is 2.60. The number of nitrogens with zero attached hydrogens (tertiary/aromatic N) is 2. The van der Waals surface area contributed by atoms with E-state index < -0.39 is 34.6 Å². The number of para-hydroxylation sites is 1. The standard InChI is InChI=1S/C19H21N4O4/c1-18(2,17(21)27)9-8-14(24)22-19(12-20)10-15(25)23(16(26)11-19)13-6-4-3-5-7-13/h3-8H,9-11H2,1-2H3,(H2,21,27)(H,22,24). The molecule has 1 aliphatic rings. The summed E-state index contributed by atoms with van der Waals surface area (Å²) in [6.07, 6.45) is 0.599. The van der Waals surface area contributed by atoms with Crippen molar-refractivity contribution in [2.75, 3.05) is 4.90 Å². The second kappa shape index (κ2) is 7.58. The molecule has 0 spiro atoms. The molecule has 141 valence electrons. The van der Waals surface area contributed by atoms with Gasteiger partial charge in [0, 0.05) is 5.41 Å². The zero-order chi connectivity index (χ0) is 20.2. The molecule has 0 saturated carbocycles. The first kappa shape index (κ1) is 20.1. The highest BCUT2D eigenvalue weighted by Crippen LogP contribution is 2.28. The number of imide groups is 1. The Kier molecular flexibility index (Phi) is 5.64. The number of hydrogen-bond donors (Lipinski definition) is 2. The van der Waals surface area contributed by atoms with Crippen molar-refractivity contribution in [1.29, 1.82) is 5.26 Å². The maximum Gasteiger partial charge on any atom is 0.237 e. The molecule has 27 heavy (non-hydrogen) atoms. The van der Waals surface area contributed by atoms with Crippen molar-refractivity contribution in [3.63, 3.8) is 0 Å². The zero-order valence-electron chi connectivity index (χ0n) is 15.2. The molecule has 1 aromatic rings. The number of nitriles is 1. The normalized spacial score (nSPS) is 16.6. The highest BCUT2D eigenvalue weighted by Gasteiger charge is 2.46. The summed E-state index contributed by atoms with van der Waals surface area (Å²) in [5.74, 6) is -2.35. The summed E-state index contributed by atoms with van der Waals surface area (Å²) in [4.78, 5) is 49.5. The van der Waals surface area contributed by atoms with Crippen molar-refractivity contribution >= 4 is 29.3 Å². The Morgan fingerprint density at radius 3 is 2.30 bits per heavy atom. The molecule has 1 radical (unpaired) electrons. The number of nitrogens with two attached hydrogens (primary N) is 1. The third kappa shape index (κ3) is 4.50. The summed E-state index contributed by atoms with van der Waals surface area (Å²) in [6.45, 7) is 3.18. The molecule has 8 nitrogen and oxygen atoms in total. The van der Waals surface area contributed by atoms with Gasteiger partial charge < -0.3 is 11.1 Å². The van der Waals surface area contributed by atoms with E-state index >= 15 is 0 Å². The smallest absolute Gasteiger partial charge is 0.237 e. The predicted molar refractivity (Wildman–Crippen MR) is 96.5 cm³/mol. The van der Waals surface area contributed by atoms with Gasteiger partial charge in [-0.05, 0) is 18.6 Å². The average molecular weight is 369 g/mol. The first-order chi connectivity index (χ1) is 12.6. The maximum absolute atomic E-state index is 12.5. The Hall–Kier alpha value is -3.21. The van der Waals surface area contributed by atoms with Gasteiger partial charge >= 0.3 is 0 Å². The number of nitrogens with one attached hydrogen (secondary N) is 1. The van der Waals surface area contributed by atoms with Crippen LogP contribution in [0.5, 0.6) is 0 Å². The first-order valence-electron chi connectivity index (χ1n) is 8.37. The van der Waals surface area contributed by atoms with Gasteiger partial charge in [-0.3, -0.25) is 24.1 Å². The van der Waals surface area contributed by atoms with Gasteiger partial charge in [0.2, 0.25) is 23.6 Å². The Bertz CT molecular complexity index is 793. The van der Waals surface area contributed by atoms with E-state index in [1.807, 2.05) is 6.07 Å². The number of hydrogen-bond acceptors (Lipinski definition) is 5. The molecule has 0 unspecified atom stereocenters. The molecule has 0 atom stereocenters. The van der Waals surface area contributed by atoms with E-state index in [1.165, 1.54) is 6.42 Å². The fraction of sp³-hybridized carbons (Fsp3) is 0.368. The molecule has 0 bridgehead atoms.